The van der Waals surface area contributed by atoms with E-state index in [-0.39, 0.29) is 0 Å². The lowest BCUT2D eigenvalue weighted by atomic mass is 9.99. The van der Waals surface area contributed by atoms with Gasteiger partial charge in [-0.2, -0.15) is 8.42 Å². The second-order valence-corrected chi connectivity index (χ2v) is 4.27. The first-order valence-electron chi connectivity index (χ1n) is 4.22. The van der Waals surface area contributed by atoms with E-state index in [0.29, 0.717) is 0 Å². The molecule has 1 fully saturated rings. The van der Waals surface area contributed by atoms with E-state index >= 15 is 0 Å². The first-order chi connectivity index (χ1) is 7.26. The molecule has 1 saturated heterocycles. The van der Waals surface area contributed by atoms with Crippen LogP contribution in [0.2, 0.25) is 0 Å². The fraction of sp³-hybridized carbons (Fsp3) is 1.00. The lowest BCUT2D eigenvalue weighted by Crippen LogP contribution is -2.59. The fourth-order valence-corrected chi connectivity index (χ4v) is 1.81. The maximum absolute atomic E-state index is 10.4. The number of rotatable bonds is 3. The third-order valence-corrected chi connectivity index (χ3v) is 2.54. The summed E-state index contributed by atoms with van der Waals surface area (Å²) in [4.78, 5) is 0. The van der Waals surface area contributed by atoms with Crippen LogP contribution < -0.4 is 0 Å². The molecular weight excluding hydrogens is 248 g/mol. The Morgan fingerprint density at radius 3 is 2.19 bits per heavy atom. The molecule has 9 nitrogen and oxygen atoms in total. The first kappa shape index (κ1) is 13.7. The first-order valence-corrected chi connectivity index (χ1v) is 5.59. The smallest absolute Gasteiger partial charge is 0.394 e. The van der Waals surface area contributed by atoms with Gasteiger partial charge in [0, 0.05) is 0 Å². The summed E-state index contributed by atoms with van der Waals surface area (Å²) in [5.74, 6) is 0. The lowest BCUT2D eigenvalue weighted by molar-refractivity contribution is -0.280. The summed E-state index contributed by atoms with van der Waals surface area (Å²) in [6.07, 6.45) is -8.53. The van der Waals surface area contributed by atoms with Gasteiger partial charge in [0.25, 0.3) is 0 Å². The third-order valence-electron chi connectivity index (χ3n) is 2.08. The summed E-state index contributed by atoms with van der Waals surface area (Å²) in [6.45, 7) is -0.687. The molecule has 96 valence electrons. The van der Waals surface area contributed by atoms with E-state index in [1.165, 1.54) is 0 Å². The second kappa shape index (κ2) is 4.89. The number of aliphatic hydroxyl groups excluding tert-OH is 4. The molecule has 1 aliphatic heterocycles. The van der Waals surface area contributed by atoms with E-state index < -0.39 is 47.7 Å². The van der Waals surface area contributed by atoms with Crippen molar-refractivity contribution in [1.82, 2.24) is 0 Å². The van der Waals surface area contributed by atoms with Gasteiger partial charge in [-0.25, -0.2) is 4.18 Å². The SMILES string of the molecule is O=S(=O)(O)O[C@H]1C(O)O[C@@H](CO)[C@@H](O)[C@@H]1O. The fourth-order valence-electron chi connectivity index (χ4n) is 1.32. The Bertz CT molecular complexity index is 327. The predicted octanol–water partition coefficient (Wildman–Crippen LogP) is -3.39. The zero-order chi connectivity index (χ0) is 12.5. The van der Waals surface area contributed by atoms with Gasteiger partial charge in [-0.15, -0.1) is 0 Å². The van der Waals surface area contributed by atoms with E-state index in [4.69, 9.17) is 9.66 Å². The molecular formula is C6H12O9S. The van der Waals surface area contributed by atoms with Gasteiger partial charge in [0.1, 0.15) is 18.3 Å². The van der Waals surface area contributed by atoms with Gasteiger partial charge >= 0.3 is 10.4 Å². The zero-order valence-electron chi connectivity index (χ0n) is 7.87. The summed E-state index contributed by atoms with van der Waals surface area (Å²) < 4.78 is 37.6. The van der Waals surface area contributed by atoms with Gasteiger partial charge in [-0.3, -0.25) is 4.55 Å². The average molecular weight is 260 g/mol. The van der Waals surface area contributed by atoms with Gasteiger partial charge in [-0.05, 0) is 0 Å². The molecule has 0 aromatic rings. The summed E-state index contributed by atoms with van der Waals surface area (Å²) in [7, 11) is -4.91. The van der Waals surface area contributed by atoms with E-state index in [1.54, 1.807) is 0 Å². The Balaban J connectivity index is 2.80. The van der Waals surface area contributed by atoms with Crippen molar-refractivity contribution in [3.63, 3.8) is 0 Å². The molecule has 0 aromatic heterocycles. The van der Waals surface area contributed by atoms with Crippen LogP contribution in [0.5, 0.6) is 0 Å². The second-order valence-electron chi connectivity index (χ2n) is 3.22. The molecule has 1 unspecified atom stereocenters. The Labute approximate surface area is 90.8 Å². The van der Waals surface area contributed by atoms with E-state index in [2.05, 4.69) is 8.92 Å². The highest BCUT2D eigenvalue weighted by Crippen LogP contribution is 2.22. The molecule has 1 heterocycles. The number of hydrogen-bond acceptors (Lipinski definition) is 8. The molecule has 0 aliphatic carbocycles. The largest absolute Gasteiger partial charge is 0.397 e. The lowest BCUT2D eigenvalue weighted by Gasteiger charge is -2.38. The molecule has 0 amide bonds. The predicted molar refractivity (Wildman–Crippen MR) is 46.4 cm³/mol. The van der Waals surface area contributed by atoms with Crippen LogP contribution in [0.4, 0.5) is 0 Å². The summed E-state index contributed by atoms with van der Waals surface area (Å²) in [5, 5.41) is 36.6. The van der Waals surface area contributed by atoms with E-state index in [9.17, 15) is 23.7 Å². The molecule has 1 rings (SSSR count). The molecule has 0 saturated carbocycles. The maximum Gasteiger partial charge on any atom is 0.397 e. The van der Waals surface area contributed by atoms with Crippen molar-refractivity contribution in [3.8, 4) is 0 Å². The van der Waals surface area contributed by atoms with Crippen LogP contribution in [0.25, 0.3) is 0 Å². The highest BCUT2D eigenvalue weighted by Gasteiger charge is 2.46. The zero-order valence-corrected chi connectivity index (χ0v) is 8.69. The van der Waals surface area contributed by atoms with Crippen molar-refractivity contribution >= 4 is 10.4 Å². The average Bonchev–Trinajstić information content (AvgIpc) is 2.17. The van der Waals surface area contributed by atoms with Crippen LogP contribution in [0, 0.1) is 0 Å². The Morgan fingerprint density at radius 2 is 1.75 bits per heavy atom. The van der Waals surface area contributed by atoms with Crippen molar-refractivity contribution in [1.29, 1.82) is 0 Å². The maximum atomic E-state index is 10.4. The Hall–Kier alpha value is -0.330. The van der Waals surface area contributed by atoms with Crippen molar-refractivity contribution in [2.24, 2.45) is 0 Å². The van der Waals surface area contributed by atoms with Gasteiger partial charge in [0.05, 0.1) is 6.61 Å². The molecule has 0 radical (unpaired) electrons. The highest BCUT2D eigenvalue weighted by atomic mass is 32.3. The molecule has 0 spiro atoms. The van der Waals surface area contributed by atoms with Crippen LogP contribution in [0.1, 0.15) is 0 Å². The Morgan fingerprint density at radius 1 is 1.19 bits per heavy atom. The summed E-state index contributed by atoms with van der Waals surface area (Å²) >= 11 is 0. The quantitative estimate of drug-likeness (QED) is 0.327. The molecule has 5 N–H and O–H groups in total. The normalized spacial score (nSPS) is 40.9. The minimum absolute atomic E-state index is 0.687. The van der Waals surface area contributed by atoms with Gasteiger partial charge in [-0.1, -0.05) is 0 Å². The van der Waals surface area contributed by atoms with Crippen molar-refractivity contribution in [3.05, 3.63) is 0 Å². The highest BCUT2D eigenvalue weighted by molar-refractivity contribution is 7.80. The minimum Gasteiger partial charge on any atom is -0.394 e. The van der Waals surface area contributed by atoms with Gasteiger partial charge in [0.2, 0.25) is 0 Å². The van der Waals surface area contributed by atoms with E-state index in [1.807, 2.05) is 0 Å². The molecule has 10 heteroatoms. The molecule has 0 bridgehead atoms. The molecule has 5 atom stereocenters. The van der Waals surface area contributed by atoms with Crippen molar-refractivity contribution in [2.45, 2.75) is 30.7 Å². The van der Waals surface area contributed by atoms with Crippen molar-refractivity contribution < 1.29 is 42.3 Å². The van der Waals surface area contributed by atoms with Crippen LogP contribution in [-0.2, 0) is 19.3 Å². The third kappa shape index (κ3) is 3.09. The van der Waals surface area contributed by atoms with E-state index in [0.717, 1.165) is 0 Å². The molecule has 1 aliphatic rings. The standard InChI is InChI=1S/C6H12O9S/c7-1-2-3(8)4(9)5(6(10)14-2)15-16(11,12)13/h2-10H,1H2,(H,11,12,13)/t2-,3+,4-,5+,6?/m0/s1. The number of aliphatic hydroxyl groups is 4. The van der Waals surface area contributed by atoms with Gasteiger partial charge < -0.3 is 25.2 Å². The van der Waals surface area contributed by atoms with Crippen LogP contribution in [-0.4, -0.2) is 70.7 Å². The summed E-state index contributed by atoms with van der Waals surface area (Å²) in [5.41, 5.74) is 0. The van der Waals surface area contributed by atoms with Crippen LogP contribution in [0.15, 0.2) is 0 Å². The minimum atomic E-state index is -4.91. The number of hydrogen-bond donors (Lipinski definition) is 5. The number of ether oxygens (including phenoxy) is 1. The topological polar surface area (TPSA) is 154 Å². The Kier molecular flexibility index (Phi) is 4.20. The van der Waals surface area contributed by atoms with Crippen molar-refractivity contribution in [2.75, 3.05) is 6.61 Å². The van der Waals surface area contributed by atoms with Crippen LogP contribution >= 0.6 is 0 Å². The van der Waals surface area contributed by atoms with Crippen LogP contribution in [0.3, 0.4) is 0 Å². The van der Waals surface area contributed by atoms with Gasteiger partial charge in [0.15, 0.2) is 12.4 Å². The molecule has 16 heavy (non-hydrogen) atoms. The summed E-state index contributed by atoms with van der Waals surface area (Å²) in [6, 6.07) is 0. The monoisotopic (exact) mass is 260 g/mol. The molecule has 0 aromatic carbocycles.